The van der Waals surface area contributed by atoms with E-state index >= 15 is 0 Å². The Morgan fingerprint density at radius 2 is 2.00 bits per heavy atom. The standard InChI is InChI=1S/C25H27N3O4S/c1-6-20-25(30)28(13-23(29)27-18-11-14(2)7-9-21(18)31-5)19-12-17(8-10-22(19)32-20)24-15(3)33-16(4)26-24/h7-12,20H,6,13H2,1-5H3,(H,27,29). The third-order valence-corrected chi connectivity index (χ3v) is 6.43. The highest BCUT2D eigenvalue weighted by Crippen LogP contribution is 2.39. The second-order valence-electron chi connectivity index (χ2n) is 8.01. The lowest BCUT2D eigenvalue weighted by Gasteiger charge is -2.34. The fraction of sp³-hybridized carbons (Fsp3) is 0.320. The van der Waals surface area contributed by atoms with Crippen molar-refractivity contribution in [2.45, 2.75) is 40.2 Å². The van der Waals surface area contributed by atoms with Crippen LogP contribution >= 0.6 is 11.3 Å². The molecule has 1 atom stereocenters. The van der Waals surface area contributed by atoms with Gasteiger partial charge in [-0.1, -0.05) is 13.0 Å². The van der Waals surface area contributed by atoms with Gasteiger partial charge in [-0.05, 0) is 63.1 Å². The Kier molecular flexibility index (Phi) is 6.37. The number of fused-ring (bicyclic) bond motifs is 1. The summed E-state index contributed by atoms with van der Waals surface area (Å²) in [6.07, 6.45) is -0.123. The maximum Gasteiger partial charge on any atom is 0.268 e. The molecule has 8 heteroatoms. The number of anilines is 2. The maximum absolute atomic E-state index is 13.2. The number of methoxy groups -OCH3 is 1. The van der Waals surface area contributed by atoms with E-state index in [4.69, 9.17) is 9.47 Å². The first-order valence-corrected chi connectivity index (χ1v) is 11.6. The summed E-state index contributed by atoms with van der Waals surface area (Å²) < 4.78 is 11.3. The largest absolute Gasteiger partial charge is 0.495 e. The molecular formula is C25H27N3O4S. The molecule has 2 heterocycles. The van der Waals surface area contributed by atoms with Crippen LogP contribution in [0.2, 0.25) is 0 Å². The zero-order valence-corrected chi connectivity index (χ0v) is 20.2. The van der Waals surface area contributed by atoms with Crippen LogP contribution in [-0.4, -0.2) is 36.6 Å². The third kappa shape index (κ3) is 4.57. The Labute approximate surface area is 197 Å². The van der Waals surface area contributed by atoms with E-state index in [9.17, 15) is 9.59 Å². The van der Waals surface area contributed by atoms with E-state index in [2.05, 4.69) is 10.3 Å². The summed E-state index contributed by atoms with van der Waals surface area (Å²) in [5, 5.41) is 3.86. The van der Waals surface area contributed by atoms with Gasteiger partial charge in [0.15, 0.2) is 6.10 Å². The Hall–Kier alpha value is -3.39. The van der Waals surface area contributed by atoms with Gasteiger partial charge in [0.25, 0.3) is 5.91 Å². The summed E-state index contributed by atoms with van der Waals surface area (Å²) in [7, 11) is 1.55. The topological polar surface area (TPSA) is 80.8 Å². The molecule has 1 N–H and O–H groups in total. The van der Waals surface area contributed by atoms with Crippen LogP contribution in [-0.2, 0) is 9.59 Å². The smallest absolute Gasteiger partial charge is 0.268 e. The molecule has 0 spiro atoms. The number of hydrogen-bond donors (Lipinski definition) is 1. The third-order valence-electron chi connectivity index (χ3n) is 5.54. The monoisotopic (exact) mass is 465 g/mol. The summed E-state index contributed by atoms with van der Waals surface area (Å²) >= 11 is 1.62. The van der Waals surface area contributed by atoms with E-state index < -0.39 is 6.10 Å². The van der Waals surface area contributed by atoms with Crippen molar-refractivity contribution in [1.82, 2.24) is 4.98 Å². The minimum absolute atomic E-state index is 0.138. The average molecular weight is 466 g/mol. The van der Waals surface area contributed by atoms with Crippen LogP contribution in [0, 0.1) is 20.8 Å². The predicted molar refractivity (Wildman–Crippen MR) is 130 cm³/mol. The number of hydrogen-bond acceptors (Lipinski definition) is 6. The van der Waals surface area contributed by atoms with Crippen molar-refractivity contribution in [2.24, 2.45) is 0 Å². The quantitative estimate of drug-likeness (QED) is 0.561. The Morgan fingerprint density at radius 3 is 2.67 bits per heavy atom. The van der Waals surface area contributed by atoms with Gasteiger partial charge in [-0.3, -0.25) is 14.5 Å². The van der Waals surface area contributed by atoms with E-state index in [1.165, 1.54) is 4.90 Å². The van der Waals surface area contributed by atoms with Gasteiger partial charge in [-0.25, -0.2) is 4.98 Å². The summed E-state index contributed by atoms with van der Waals surface area (Å²) in [5.41, 5.74) is 3.88. The summed E-state index contributed by atoms with van der Waals surface area (Å²) in [6.45, 7) is 7.68. The number of carbonyl (C=O) groups excluding carboxylic acids is 2. The molecule has 0 saturated heterocycles. The molecular weight excluding hydrogens is 438 g/mol. The predicted octanol–water partition coefficient (Wildman–Crippen LogP) is 4.89. The van der Waals surface area contributed by atoms with Crippen LogP contribution in [0.25, 0.3) is 11.3 Å². The first-order chi connectivity index (χ1) is 15.8. The molecule has 172 valence electrons. The number of rotatable bonds is 6. The van der Waals surface area contributed by atoms with Gasteiger partial charge in [-0.15, -0.1) is 11.3 Å². The van der Waals surface area contributed by atoms with Crippen LogP contribution in [0.5, 0.6) is 11.5 Å². The molecule has 1 aromatic heterocycles. The average Bonchev–Trinajstić information content (AvgIpc) is 3.13. The van der Waals surface area contributed by atoms with Gasteiger partial charge in [-0.2, -0.15) is 0 Å². The highest BCUT2D eigenvalue weighted by atomic mass is 32.1. The molecule has 33 heavy (non-hydrogen) atoms. The van der Waals surface area contributed by atoms with E-state index in [1.807, 2.05) is 58.0 Å². The highest BCUT2D eigenvalue weighted by molar-refractivity contribution is 7.11. The Bertz CT molecular complexity index is 1220. The number of ether oxygens (including phenoxy) is 2. The van der Waals surface area contributed by atoms with Crippen LogP contribution in [0.4, 0.5) is 11.4 Å². The number of carbonyl (C=O) groups is 2. The van der Waals surface area contributed by atoms with Crippen molar-refractivity contribution in [3.63, 3.8) is 0 Å². The van der Waals surface area contributed by atoms with Crippen molar-refractivity contribution < 1.29 is 19.1 Å². The van der Waals surface area contributed by atoms with Gasteiger partial charge in [0.05, 0.1) is 29.2 Å². The molecule has 3 aromatic rings. The van der Waals surface area contributed by atoms with E-state index in [-0.39, 0.29) is 18.4 Å². The van der Waals surface area contributed by atoms with Crippen molar-refractivity contribution in [3.8, 4) is 22.8 Å². The van der Waals surface area contributed by atoms with E-state index in [0.717, 1.165) is 26.7 Å². The van der Waals surface area contributed by atoms with Gasteiger partial charge < -0.3 is 14.8 Å². The first-order valence-electron chi connectivity index (χ1n) is 10.8. The van der Waals surface area contributed by atoms with E-state index in [0.29, 0.717) is 29.3 Å². The van der Waals surface area contributed by atoms with Crippen molar-refractivity contribution in [1.29, 1.82) is 0 Å². The SMILES string of the molecule is CCC1Oc2ccc(-c3nc(C)sc3C)cc2N(CC(=O)Nc2cc(C)ccc2OC)C1=O. The number of thiazole rings is 1. The maximum atomic E-state index is 13.2. The number of nitrogens with zero attached hydrogens (tertiary/aromatic N) is 2. The van der Waals surface area contributed by atoms with Crippen LogP contribution in [0.1, 0.15) is 28.8 Å². The van der Waals surface area contributed by atoms with Crippen molar-refractivity contribution in [3.05, 3.63) is 51.8 Å². The van der Waals surface area contributed by atoms with Crippen molar-refractivity contribution in [2.75, 3.05) is 23.9 Å². The fourth-order valence-electron chi connectivity index (χ4n) is 3.94. The minimum Gasteiger partial charge on any atom is -0.495 e. The summed E-state index contributed by atoms with van der Waals surface area (Å²) in [4.78, 5) is 33.4. The minimum atomic E-state index is -0.632. The molecule has 1 aliphatic heterocycles. The summed E-state index contributed by atoms with van der Waals surface area (Å²) in [6, 6.07) is 11.2. The van der Waals surface area contributed by atoms with Gasteiger partial charge in [0, 0.05) is 10.4 Å². The second kappa shape index (κ2) is 9.23. The van der Waals surface area contributed by atoms with Crippen LogP contribution < -0.4 is 19.7 Å². The molecule has 0 radical (unpaired) electrons. The zero-order chi connectivity index (χ0) is 23.7. The van der Waals surface area contributed by atoms with Crippen LogP contribution in [0.3, 0.4) is 0 Å². The molecule has 1 unspecified atom stereocenters. The highest BCUT2D eigenvalue weighted by Gasteiger charge is 2.35. The van der Waals surface area contributed by atoms with Gasteiger partial charge >= 0.3 is 0 Å². The number of benzene rings is 2. The van der Waals surface area contributed by atoms with Crippen LogP contribution in [0.15, 0.2) is 36.4 Å². The van der Waals surface area contributed by atoms with E-state index in [1.54, 1.807) is 24.5 Å². The molecule has 1 aliphatic rings. The first kappa shape index (κ1) is 22.8. The lowest BCUT2D eigenvalue weighted by Crippen LogP contribution is -2.48. The number of aromatic nitrogens is 1. The van der Waals surface area contributed by atoms with Gasteiger partial charge in [0.1, 0.15) is 18.0 Å². The molecule has 0 bridgehead atoms. The molecule has 0 fully saturated rings. The lowest BCUT2D eigenvalue weighted by molar-refractivity contribution is -0.128. The molecule has 2 aromatic carbocycles. The molecule has 7 nitrogen and oxygen atoms in total. The zero-order valence-electron chi connectivity index (χ0n) is 19.4. The number of amides is 2. The number of nitrogens with one attached hydrogen (secondary N) is 1. The molecule has 2 amide bonds. The Balaban J connectivity index is 1.67. The summed E-state index contributed by atoms with van der Waals surface area (Å²) in [5.74, 6) is 0.585. The fourth-order valence-corrected chi connectivity index (χ4v) is 4.78. The Morgan fingerprint density at radius 1 is 1.21 bits per heavy atom. The van der Waals surface area contributed by atoms with Crippen molar-refractivity contribution >= 4 is 34.5 Å². The lowest BCUT2D eigenvalue weighted by atomic mass is 10.1. The number of aryl methyl sites for hydroxylation is 3. The normalized spacial score (nSPS) is 15.1. The van der Waals surface area contributed by atoms with Gasteiger partial charge in [0.2, 0.25) is 5.91 Å². The second-order valence-corrected chi connectivity index (χ2v) is 9.42. The molecule has 0 saturated carbocycles. The molecule has 0 aliphatic carbocycles. The molecule has 4 rings (SSSR count).